The van der Waals surface area contributed by atoms with Crippen molar-refractivity contribution >= 4 is 39.2 Å². The molecule has 1 aliphatic rings. The molecular formula is C17H17BrN4O. The predicted molar refractivity (Wildman–Crippen MR) is 97.3 cm³/mol. The average molecular weight is 373 g/mol. The van der Waals surface area contributed by atoms with E-state index in [0.717, 1.165) is 40.3 Å². The smallest absolute Gasteiger partial charge is 0.323 e. The molecule has 2 aromatic carbocycles. The highest BCUT2D eigenvalue weighted by molar-refractivity contribution is 9.10. The van der Waals surface area contributed by atoms with Gasteiger partial charge >= 0.3 is 6.03 Å². The first-order chi connectivity index (χ1) is 11.1. The summed E-state index contributed by atoms with van der Waals surface area (Å²) in [6.07, 6.45) is 0. The minimum Gasteiger partial charge on any atom is -0.358 e. The molecule has 5 nitrogen and oxygen atoms in total. The van der Waals surface area contributed by atoms with Crippen LogP contribution >= 0.6 is 15.9 Å². The van der Waals surface area contributed by atoms with Crippen molar-refractivity contribution < 1.29 is 4.79 Å². The SMILES string of the molecule is CN1CCN=C1c1cccc(NC(=O)Nc2cccc(Br)c2)c1. The summed E-state index contributed by atoms with van der Waals surface area (Å²) >= 11 is 3.38. The number of hydrogen-bond donors (Lipinski definition) is 2. The summed E-state index contributed by atoms with van der Waals surface area (Å²) in [5, 5.41) is 5.66. The zero-order valence-corrected chi connectivity index (χ0v) is 14.3. The topological polar surface area (TPSA) is 56.7 Å². The van der Waals surface area contributed by atoms with Gasteiger partial charge in [-0.05, 0) is 30.3 Å². The number of anilines is 2. The van der Waals surface area contributed by atoms with Gasteiger partial charge in [-0.3, -0.25) is 4.99 Å². The van der Waals surface area contributed by atoms with Crippen LogP contribution in [0, 0.1) is 0 Å². The molecule has 1 heterocycles. The number of aliphatic imine (C=N–C) groups is 1. The molecule has 3 rings (SSSR count). The number of carbonyl (C=O) groups excluding carboxylic acids is 1. The second kappa shape index (κ2) is 6.83. The quantitative estimate of drug-likeness (QED) is 0.860. The summed E-state index contributed by atoms with van der Waals surface area (Å²) < 4.78 is 0.916. The highest BCUT2D eigenvalue weighted by atomic mass is 79.9. The van der Waals surface area contributed by atoms with Crippen LogP contribution in [0.4, 0.5) is 16.2 Å². The lowest BCUT2D eigenvalue weighted by Crippen LogP contribution is -2.24. The van der Waals surface area contributed by atoms with E-state index in [0.29, 0.717) is 0 Å². The molecule has 0 aromatic heterocycles. The Kier molecular flexibility index (Phi) is 4.62. The Bertz CT molecular complexity index is 760. The van der Waals surface area contributed by atoms with Gasteiger partial charge in [0.15, 0.2) is 0 Å². The third-order valence-electron chi connectivity index (χ3n) is 3.52. The van der Waals surface area contributed by atoms with Crippen molar-refractivity contribution in [1.82, 2.24) is 4.90 Å². The van der Waals surface area contributed by atoms with Crippen molar-refractivity contribution in [3.05, 3.63) is 58.6 Å². The average Bonchev–Trinajstić information content (AvgIpc) is 2.93. The molecular weight excluding hydrogens is 356 g/mol. The van der Waals surface area contributed by atoms with E-state index >= 15 is 0 Å². The number of halogens is 1. The Morgan fingerprint density at radius 2 is 1.83 bits per heavy atom. The summed E-state index contributed by atoms with van der Waals surface area (Å²) in [7, 11) is 2.02. The highest BCUT2D eigenvalue weighted by Crippen LogP contribution is 2.17. The van der Waals surface area contributed by atoms with Crippen molar-refractivity contribution in [2.75, 3.05) is 30.8 Å². The number of amides is 2. The summed E-state index contributed by atoms with van der Waals surface area (Å²) in [5.41, 5.74) is 2.47. The van der Waals surface area contributed by atoms with Crippen LogP contribution in [-0.2, 0) is 0 Å². The lowest BCUT2D eigenvalue weighted by atomic mass is 10.1. The van der Waals surface area contributed by atoms with Crippen LogP contribution in [-0.4, -0.2) is 36.9 Å². The molecule has 0 aliphatic carbocycles. The number of nitrogens with zero attached hydrogens (tertiary/aromatic N) is 2. The number of benzene rings is 2. The van der Waals surface area contributed by atoms with E-state index in [1.165, 1.54) is 0 Å². The molecule has 0 saturated carbocycles. The summed E-state index contributed by atoms with van der Waals surface area (Å²) in [6, 6.07) is 14.9. The molecule has 23 heavy (non-hydrogen) atoms. The van der Waals surface area contributed by atoms with Crippen LogP contribution in [0.15, 0.2) is 58.0 Å². The molecule has 2 aromatic rings. The fraction of sp³-hybridized carbons (Fsp3) is 0.176. The van der Waals surface area contributed by atoms with E-state index in [-0.39, 0.29) is 6.03 Å². The molecule has 2 amide bonds. The molecule has 0 saturated heterocycles. The van der Waals surface area contributed by atoms with Crippen molar-refractivity contribution in [2.24, 2.45) is 4.99 Å². The largest absolute Gasteiger partial charge is 0.358 e. The summed E-state index contributed by atoms with van der Waals surface area (Å²) in [6.45, 7) is 1.74. The fourth-order valence-electron chi connectivity index (χ4n) is 2.44. The number of carbonyl (C=O) groups is 1. The van der Waals surface area contributed by atoms with Gasteiger partial charge in [-0.25, -0.2) is 4.79 Å². The van der Waals surface area contributed by atoms with E-state index in [4.69, 9.17) is 0 Å². The molecule has 1 aliphatic heterocycles. The van der Waals surface area contributed by atoms with Gasteiger partial charge < -0.3 is 15.5 Å². The third-order valence-corrected chi connectivity index (χ3v) is 4.01. The Labute approximate surface area is 143 Å². The predicted octanol–water partition coefficient (Wildman–Crippen LogP) is 3.79. The number of rotatable bonds is 3. The summed E-state index contributed by atoms with van der Waals surface area (Å²) in [4.78, 5) is 18.7. The first kappa shape index (κ1) is 15.6. The molecule has 6 heteroatoms. The highest BCUT2D eigenvalue weighted by Gasteiger charge is 2.15. The van der Waals surface area contributed by atoms with Crippen molar-refractivity contribution in [2.45, 2.75) is 0 Å². The monoisotopic (exact) mass is 372 g/mol. The molecule has 0 radical (unpaired) electrons. The maximum absolute atomic E-state index is 12.1. The van der Waals surface area contributed by atoms with Crippen LogP contribution in [0.25, 0.3) is 0 Å². The van der Waals surface area contributed by atoms with Gasteiger partial charge in [0.1, 0.15) is 5.84 Å². The zero-order valence-electron chi connectivity index (χ0n) is 12.7. The Hall–Kier alpha value is -2.34. The third kappa shape index (κ3) is 3.90. The van der Waals surface area contributed by atoms with Crippen molar-refractivity contribution in [1.29, 1.82) is 0 Å². The first-order valence-corrected chi connectivity index (χ1v) is 8.11. The molecule has 0 fully saturated rings. The van der Waals surface area contributed by atoms with Gasteiger partial charge in [-0.1, -0.05) is 34.1 Å². The van der Waals surface area contributed by atoms with Gasteiger partial charge in [-0.15, -0.1) is 0 Å². The van der Waals surface area contributed by atoms with Gasteiger partial charge in [-0.2, -0.15) is 0 Å². The molecule has 0 unspecified atom stereocenters. The fourth-order valence-corrected chi connectivity index (χ4v) is 2.84. The number of amidine groups is 1. The Balaban J connectivity index is 1.69. The lowest BCUT2D eigenvalue weighted by Gasteiger charge is -2.15. The van der Waals surface area contributed by atoms with Gasteiger partial charge in [0.05, 0.1) is 6.54 Å². The lowest BCUT2D eigenvalue weighted by molar-refractivity contribution is 0.262. The molecule has 0 atom stereocenters. The van der Waals surface area contributed by atoms with Gasteiger partial charge in [0, 0.05) is 35.0 Å². The van der Waals surface area contributed by atoms with E-state index in [2.05, 4.69) is 36.5 Å². The van der Waals surface area contributed by atoms with E-state index in [9.17, 15) is 4.79 Å². The molecule has 0 bridgehead atoms. The van der Waals surface area contributed by atoms with E-state index in [1.807, 2.05) is 55.6 Å². The van der Waals surface area contributed by atoms with Crippen LogP contribution in [0.3, 0.4) is 0 Å². The molecule has 0 spiro atoms. The van der Waals surface area contributed by atoms with E-state index in [1.54, 1.807) is 0 Å². The van der Waals surface area contributed by atoms with Crippen LogP contribution in [0.1, 0.15) is 5.56 Å². The standard InChI is InChI=1S/C17H17BrN4O/c1-22-9-8-19-16(22)12-4-2-6-14(10-12)20-17(23)21-15-7-3-5-13(18)11-15/h2-7,10-11H,8-9H2,1H3,(H2,20,21,23). The number of urea groups is 1. The second-order valence-electron chi connectivity index (χ2n) is 5.30. The van der Waals surface area contributed by atoms with Crippen molar-refractivity contribution in [3.8, 4) is 0 Å². The number of nitrogens with one attached hydrogen (secondary N) is 2. The minimum atomic E-state index is -0.276. The maximum atomic E-state index is 12.1. The van der Waals surface area contributed by atoms with Crippen LogP contribution < -0.4 is 10.6 Å². The van der Waals surface area contributed by atoms with Gasteiger partial charge in [0.2, 0.25) is 0 Å². The second-order valence-corrected chi connectivity index (χ2v) is 6.21. The normalized spacial score (nSPS) is 13.7. The van der Waals surface area contributed by atoms with Crippen molar-refractivity contribution in [3.63, 3.8) is 0 Å². The molecule has 118 valence electrons. The maximum Gasteiger partial charge on any atom is 0.323 e. The Morgan fingerprint density at radius 1 is 1.13 bits per heavy atom. The zero-order chi connectivity index (χ0) is 16.2. The number of hydrogen-bond acceptors (Lipinski definition) is 3. The summed E-state index contributed by atoms with van der Waals surface area (Å²) in [5.74, 6) is 0.959. The Morgan fingerprint density at radius 3 is 2.48 bits per heavy atom. The first-order valence-electron chi connectivity index (χ1n) is 7.31. The van der Waals surface area contributed by atoms with Crippen LogP contribution in [0.5, 0.6) is 0 Å². The number of likely N-dealkylation sites (N-methyl/N-ethyl adjacent to an activating group) is 1. The van der Waals surface area contributed by atoms with Crippen LogP contribution in [0.2, 0.25) is 0 Å². The minimum absolute atomic E-state index is 0.276. The molecule has 2 N–H and O–H groups in total. The van der Waals surface area contributed by atoms with E-state index < -0.39 is 0 Å². The van der Waals surface area contributed by atoms with Gasteiger partial charge in [0.25, 0.3) is 0 Å².